The Morgan fingerprint density at radius 1 is 1.10 bits per heavy atom. The summed E-state index contributed by atoms with van der Waals surface area (Å²) in [7, 11) is 0. The zero-order chi connectivity index (χ0) is 28.6. The zero-order valence-corrected chi connectivity index (χ0v) is 24.9. The van der Waals surface area contributed by atoms with Crippen molar-refractivity contribution in [1.82, 2.24) is 19.9 Å². The van der Waals surface area contributed by atoms with Gasteiger partial charge in [-0.2, -0.15) is 4.98 Å². The van der Waals surface area contributed by atoms with Crippen LogP contribution in [0.25, 0.3) is 10.9 Å². The molecule has 9 heteroatoms. The van der Waals surface area contributed by atoms with Crippen molar-refractivity contribution in [1.29, 1.82) is 0 Å². The fourth-order valence-electron chi connectivity index (χ4n) is 6.65. The third-order valence-electron chi connectivity index (χ3n) is 9.14. The maximum Gasteiger partial charge on any atom is 0.293 e. The zero-order valence-electron chi connectivity index (χ0n) is 24.9. The van der Waals surface area contributed by atoms with Crippen LogP contribution >= 0.6 is 0 Å². The van der Waals surface area contributed by atoms with Gasteiger partial charge in [0.25, 0.3) is 5.56 Å². The van der Waals surface area contributed by atoms with Crippen LogP contribution in [0.3, 0.4) is 0 Å². The van der Waals surface area contributed by atoms with E-state index in [1.807, 2.05) is 52.1 Å². The number of nitrogens with zero attached hydrogens (tertiary/aromatic N) is 4. The highest BCUT2D eigenvalue weighted by Gasteiger charge is 2.40. The number of pyridine rings is 1. The molecule has 2 N–H and O–H groups in total. The molecule has 2 saturated heterocycles. The Morgan fingerprint density at radius 3 is 2.49 bits per heavy atom. The summed E-state index contributed by atoms with van der Waals surface area (Å²) in [6, 6.07) is 7.90. The number of nitrogens with one attached hydrogen (secondary N) is 2. The Kier molecular flexibility index (Phi) is 7.92. The molecule has 0 amide bonds. The predicted octanol–water partition coefficient (Wildman–Crippen LogP) is 5.34. The van der Waals surface area contributed by atoms with Gasteiger partial charge in [0, 0.05) is 55.1 Å². The molecular formula is C32H44N6O3. The molecule has 6 rings (SSSR count). The number of aryl methyl sites for hydroxylation is 1. The minimum absolute atomic E-state index is 0.0186. The second-order valence-corrected chi connectivity index (χ2v) is 12.4. The number of ether oxygens (including phenoxy) is 2. The van der Waals surface area contributed by atoms with Gasteiger partial charge in [-0.25, -0.2) is 4.98 Å². The van der Waals surface area contributed by atoms with Crippen LogP contribution in [-0.4, -0.2) is 59.5 Å². The number of hydrogen-bond acceptors (Lipinski definition) is 8. The molecule has 3 aliphatic rings. The highest BCUT2D eigenvalue weighted by molar-refractivity contribution is 5.85. The number of fused-ring (bicyclic) bond motifs is 1. The first-order chi connectivity index (χ1) is 19.8. The average molecular weight is 561 g/mol. The van der Waals surface area contributed by atoms with Crippen molar-refractivity contribution in [3.63, 3.8) is 0 Å². The lowest BCUT2D eigenvalue weighted by Crippen LogP contribution is -2.55. The number of hydrogen-bond donors (Lipinski definition) is 2. The fraction of sp³-hybridized carbons (Fsp3) is 0.594. The highest BCUT2D eigenvalue weighted by atomic mass is 16.5. The second-order valence-electron chi connectivity index (χ2n) is 12.4. The summed E-state index contributed by atoms with van der Waals surface area (Å²) in [5.41, 5.74) is 3.25. The maximum absolute atomic E-state index is 13.0. The molecule has 1 aliphatic carbocycles. The standard InChI is InChI=1S/C32H44N6O3/c1-5-40-28-17-23-16-24(6-7-27(23)38(21(2)3)30(28)39)35-29-22(4)18-34-31(36-29)37-14-10-26(11-15-37)41-25-8-12-32(13-9-25)19-33-20-32/h6-7,16-18,21,25-26,33H,5,8-15,19-20H2,1-4H3,(H,34,35,36). The Bertz CT molecular complexity index is 1430. The van der Waals surface area contributed by atoms with Gasteiger partial charge in [-0.15, -0.1) is 0 Å². The lowest BCUT2D eigenvalue weighted by molar-refractivity contribution is -0.0655. The molecular weight excluding hydrogens is 516 g/mol. The molecule has 2 aliphatic heterocycles. The molecule has 3 aromatic rings. The average Bonchev–Trinajstić information content (AvgIpc) is 2.95. The molecule has 9 nitrogen and oxygen atoms in total. The van der Waals surface area contributed by atoms with Crippen molar-refractivity contribution in [3.8, 4) is 5.75 Å². The summed E-state index contributed by atoms with van der Waals surface area (Å²) in [4.78, 5) is 24.8. The van der Waals surface area contributed by atoms with Crippen LogP contribution in [-0.2, 0) is 4.74 Å². The molecule has 41 heavy (non-hydrogen) atoms. The van der Waals surface area contributed by atoms with Crippen LogP contribution in [0.15, 0.2) is 35.3 Å². The summed E-state index contributed by atoms with van der Waals surface area (Å²) in [5.74, 6) is 1.92. The quantitative estimate of drug-likeness (QED) is 0.381. The molecule has 1 saturated carbocycles. The third-order valence-corrected chi connectivity index (χ3v) is 9.14. The monoisotopic (exact) mass is 560 g/mol. The van der Waals surface area contributed by atoms with Gasteiger partial charge in [0.15, 0.2) is 5.75 Å². The van der Waals surface area contributed by atoms with E-state index < -0.39 is 0 Å². The first-order valence-electron chi connectivity index (χ1n) is 15.4. The van der Waals surface area contributed by atoms with Gasteiger partial charge in [-0.05, 0) is 95.9 Å². The van der Waals surface area contributed by atoms with Crippen molar-refractivity contribution in [2.24, 2.45) is 5.41 Å². The van der Waals surface area contributed by atoms with Gasteiger partial charge in [0.2, 0.25) is 5.95 Å². The normalized spacial score (nSPS) is 19.6. The van der Waals surface area contributed by atoms with Gasteiger partial charge < -0.3 is 29.6 Å². The van der Waals surface area contributed by atoms with Crippen LogP contribution in [0.5, 0.6) is 5.75 Å². The first kappa shape index (κ1) is 28.0. The van der Waals surface area contributed by atoms with E-state index >= 15 is 0 Å². The minimum atomic E-state index is -0.0983. The predicted molar refractivity (Wildman–Crippen MR) is 164 cm³/mol. The van der Waals surface area contributed by atoms with Crippen LogP contribution < -0.4 is 25.8 Å². The number of benzene rings is 1. The molecule has 4 heterocycles. The summed E-state index contributed by atoms with van der Waals surface area (Å²) in [5, 5.41) is 7.90. The molecule has 1 aromatic carbocycles. The van der Waals surface area contributed by atoms with E-state index in [2.05, 4.69) is 26.6 Å². The molecule has 3 fully saturated rings. The number of aromatic nitrogens is 3. The molecule has 0 unspecified atom stereocenters. The van der Waals surface area contributed by atoms with E-state index in [9.17, 15) is 4.79 Å². The Balaban J connectivity index is 1.12. The topological polar surface area (TPSA) is 93.5 Å². The van der Waals surface area contributed by atoms with Crippen molar-refractivity contribution in [2.75, 3.05) is 43.0 Å². The van der Waals surface area contributed by atoms with Crippen LogP contribution in [0.1, 0.15) is 70.9 Å². The molecule has 0 bridgehead atoms. The summed E-state index contributed by atoms with van der Waals surface area (Å²) >= 11 is 0. The minimum Gasteiger partial charge on any atom is -0.488 e. The van der Waals surface area contributed by atoms with Crippen LogP contribution in [0, 0.1) is 12.3 Å². The maximum atomic E-state index is 13.0. The Morgan fingerprint density at radius 2 is 1.83 bits per heavy atom. The molecule has 1 spiro atoms. The van der Waals surface area contributed by atoms with Gasteiger partial charge in [-0.1, -0.05) is 0 Å². The summed E-state index contributed by atoms with van der Waals surface area (Å²) < 4.78 is 14.0. The van der Waals surface area contributed by atoms with E-state index in [1.54, 1.807) is 4.57 Å². The van der Waals surface area contributed by atoms with Crippen molar-refractivity contribution >= 4 is 28.4 Å². The van der Waals surface area contributed by atoms with Gasteiger partial charge >= 0.3 is 0 Å². The number of rotatable bonds is 8. The largest absolute Gasteiger partial charge is 0.488 e. The van der Waals surface area contributed by atoms with Crippen molar-refractivity contribution in [2.45, 2.75) is 84.5 Å². The second kappa shape index (κ2) is 11.6. The number of piperidine rings is 1. The highest BCUT2D eigenvalue weighted by Crippen LogP contribution is 2.41. The van der Waals surface area contributed by atoms with Gasteiger partial charge in [0.1, 0.15) is 5.82 Å². The van der Waals surface area contributed by atoms with E-state index in [4.69, 9.17) is 14.5 Å². The lowest BCUT2D eigenvalue weighted by atomic mass is 9.69. The van der Waals surface area contributed by atoms with Gasteiger partial charge in [0.05, 0.1) is 24.3 Å². The van der Waals surface area contributed by atoms with E-state index in [-0.39, 0.29) is 11.6 Å². The SMILES string of the molecule is CCOc1cc2cc(Nc3nc(N4CCC(OC5CCC6(CC5)CNC6)CC4)ncc3C)ccc2n(C(C)C)c1=O. The van der Waals surface area contributed by atoms with E-state index in [0.717, 1.165) is 59.9 Å². The van der Waals surface area contributed by atoms with E-state index in [1.165, 1.54) is 38.8 Å². The summed E-state index contributed by atoms with van der Waals surface area (Å²) in [6.07, 6.45) is 9.68. The van der Waals surface area contributed by atoms with Crippen molar-refractivity contribution in [3.05, 3.63) is 46.4 Å². The molecule has 2 aromatic heterocycles. The lowest BCUT2D eigenvalue weighted by Gasteiger charge is -2.48. The Hall–Kier alpha value is -3.17. The van der Waals surface area contributed by atoms with Crippen molar-refractivity contribution < 1.29 is 9.47 Å². The van der Waals surface area contributed by atoms with Crippen LogP contribution in [0.4, 0.5) is 17.5 Å². The number of anilines is 3. The smallest absolute Gasteiger partial charge is 0.293 e. The third kappa shape index (κ3) is 5.79. The van der Waals surface area contributed by atoms with E-state index in [0.29, 0.717) is 30.0 Å². The molecule has 0 radical (unpaired) electrons. The summed E-state index contributed by atoms with van der Waals surface area (Å²) in [6.45, 7) is 12.6. The first-order valence-corrected chi connectivity index (χ1v) is 15.4. The molecule has 0 atom stereocenters. The van der Waals surface area contributed by atoms with Gasteiger partial charge in [-0.3, -0.25) is 4.79 Å². The molecule has 220 valence electrons. The van der Waals surface area contributed by atoms with Crippen LogP contribution in [0.2, 0.25) is 0 Å². The Labute approximate surface area is 242 Å². The fourth-order valence-corrected chi connectivity index (χ4v) is 6.65.